The Balaban J connectivity index is 2.39. The maximum absolute atomic E-state index is 11.6. The molecule has 0 fully saturated rings. The molecule has 0 amide bonds. The third-order valence-electron chi connectivity index (χ3n) is 2.60. The molecule has 0 spiro atoms. The summed E-state index contributed by atoms with van der Waals surface area (Å²) in [4.78, 5) is 16.0. The lowest BCUT2D eigenvalue weighted by Gasteiger charge is -2.03. The molecule has 0 aliphatic carbocycles. The van der Waals surface area contributed by atoms with Crippen LogP contribution in [0.3, 0.4) is 0 Å². The van der Waals surface area contributed by atoms with E-state index in [4.69, 9.17) is 0 Å². The van der Waals surface area contributed by atoms with E-state index < -0.39 is 0 Å². The molecule has 0 atom stereocenters. The average molecular weight is 247 g/mol. The maximum Gasteiger partial charge on any atom is 0.225 e. The number of benzene rings is 1. The van der Waals surface area contributed by atoms with Crippen molar-refractivity contribution in [3.8, 4) is 0 Å². The number of hydrogen-bond acceptors (Lipinski definition) is 4. The van der Waals surface area contributed by atoms with Gasteiger partial charge in [-0.2, -0.15) is 0 Å². The quantitative estimate of drug-likeness (QED) is 0.817. The van der Waals surface area contributed by atoms with Crippen molar-refractivity contribution in [1.82, 2.24) is 0 Å². The lowest BCUT2D eigenvalue weighted by molar-refractivity contribution is -0.107. The van der Waals surface area contributed by atoms with E-state index >= 15 is 0 Å². The predicted molar refractivity (Wildman–Crippen MR) is 71.1 cm³/mol. The zero-order valence-electron chi connectivity index (χ0n) is 9.73. The van der Waals surface area contributed by atoms with E-state index in [0.717, 1.165) is 23.0 Å². The SMILES string of the molecule is CC(=Nc1ccccc1C)C1=C(O)CSC1=O. The third kappa shape index (κ3) is 2.42. The van der Waals surface area contributed by atoms with E-state index in [2.05, 4.69) is 4.99 Å². The number of aryl methyl sites for hydroxylation is 1. The Labute approximate surface area is 104 Å². The molecule has 1 aromatic carbocycles. The second kappa shape index (κ2) is 4.75. The highest BCUT2D eigenvalue weighted by atomic mass is 32.2. The molecule has 0 radical (unpaired) electrons. The molecular formula is C13H13NO2S. The number of carbonyl (C=O) groups excluding carboxylic acids is 1. The fourth-order valence-corrected chi connectivity index (χ4v) is 2.50. The van der Waals surface area contributed by atoms with Crippen LogP contribution in [0.25, 0.3) is 0 Å². The van der Waals surface area contributed by atoms with Gasteiger partial charge in [0.2, 0.25) is 5.12 Å². The number of aliphatic hydroxyl groups excluding tert-OH is 1. The van der Waals surface area contributed by atoms with Gasteiger partial charge in [0.25, 0.3) is 0 Å². The standard InChI is InChI=1S/C13H13NO2S/c1-8-5-3-4-6-10(8)14-9(2)12-11(15)7-17-13(12)16/h3-6,15H,7H2,1-2H3. The number of hydrogen-bond donors (Lipinski definition) is 1. The number of nitrogens with zero attached hydrogens (tertiary/aromatic N) is 1. The van der Waals surface area contributed by atoms with Gasteiger partial charge in [0.1, 0.15) is 5.76 Å². The first-order valence-corrected chi connectivity index (χ1v) is 6.28. The Kier molecular flexibility index (Phi) is 3.33. The van der Waals surface area contributed by atoms with Gasteiger partial charge in [-0.25, -0.2) is 0 Å². The number of thioether (sulfide) groups is 1. The molecule has 1 aliphatic heterocycles. The number of carbonyl (C=O) groups is 1. The smallest absolute Gasteiger partial charge is 0.225 e. The lowest BCUT2D eigenvalue weighted by Crippen LogP contribution is -2.05. The zero-order valence-corrected chi connectivity index (χ0v) is 10.5. The molecule has 17 heavy (non-hydrogen) atoms. The highest BCUT2D eigenvalue weighted by Crippen LogP contribution is 2.27. The van der Waals surface area contributed by atoms with Crippen LogP contribution in [-0.2, 0) is 4.79 Å². The third-order valence-corrected chi connectivity index (χ3v) is 3.48. The summed E-state index contributed by atoms with van der Waals surface area (Å²) < 4.78 is 0. The van der Waals surface area contributed by atoms with E-state index in [1.54, 1.807) is 6.92 Å². The van der Waals surface area contributed by atoms with E-state index in [9.17, 15) is 9.90 Å². The molecular weight excluding hydrogens is 234 g/mol. The molecule has 1 N–H and O–H groups in total. The fraction of sp³-hybridized carbons (Fsp3) is 0.231. The first-order chi connectivity index (χ1) is 8.09. The first kappa shape index (κ1) is 11.9. The lowest BCUT2D eigenvalue weighted by atomic mass is 10.1. The van der Waals surface area contributed by atoms with Crippen LogP contribution in [0, 0.1) is 6.92 Å². The number of aliphatic imine (C=N–C) groups is 1. The van der Waals surface area contributed by atoms with Crippen molar-refractivity contribution in [3.05, 3.63) is 41.2 Å². The van der Waals surface area contributed by atoms with Crippen LogP contribution in [0.15, 0.2) is 40.6 Å². The number of rotatable bonds is 2. The van der Waals surface area contributed by atoms with Crippen molar-refractivity contribution in [2.75, 3.05) is 5.75 Å². The summed E-state index contributed by atoms with van der Waals surface area (Å²) in [5.74, 6) is 0.490. The van der Waals surface area contributed by atoms with Crippen molar-refractivity contribution in [3.63, 3.8) is 0 Å². The van der Waals surface area contributed by atoms with Crippen LogP contribution in [0.4, 0.5) is 5.69 Å². The molecule has 0 saturated carbocycles. The number of aliphatic hydroxyl groups is 1. The van der Waals surface area contributed by atoms with Gasteiger partial charge in [-0.3, -0.25) is 9.79 Å². The molecule has 88 valence electrons. The highest BCUT2D eigenvalue weighted by molar-refractivity contribution is 8.14. The summed E-state index contributed by atoms with van der Waals surface area (Å²) >= 11 is 1.11. The summed E-state index contributed by atoms with van der Waals surface area (Å²) in [6.07, 6.45) is 0. The van der Waals surface area contributed by atoms with Gasteiger partial charge < -0.3 is 5.11 Å². The van der Waals surface area contributed by atoms with Crippen LogP contribution in [0.1, 0.15) is 12.5 Å². The van der Waals surface area contributed by atoms with E-state index in [1.165, 1.54) is 0 Å². The first-order valence-electron chi connectivity index (χ1n) is 5.30. The van der Waals surface area contributed by atoms with Gasteiger partial charge in [0, 0.05) is 0 Å². The van der Waals surface area contributed by atoms with Crippen LogP contribution in [0.2, 0.25) is 0 Å². The van der Waals surface area contributed by atoms with Crippen LogP contribution in [0.5, 0.6) is 0 Å². The van der Waals surface area contributed by atoms with Crippen LogP contribution in [-0.4, -0.2) is 21.7 Å². The van der Waals surface area contributed by atoms with Crippen molar-refractivity contribution < 1.29 is 9.90 Å². The Morgan fingerprint density at radius 3 is 2.71 bits per heavy atom. The Hall–Kier alpha value is -1.55. The topological polar surface area (TPSA) is 49.7 Å². The maximum atomic E-state index is 11.6. The van der Waals surface area contributed by atoms with Crippen LogP contribution >= 0.6 is 11.8 Å². The molecule has 4 heteroatoms. The summed E-state index contributed by atoms with van der Waals surface area (Å²) in [6.45, 7) is 3.72. The Bertz CT molecular complexity index is 532. The molecule has 2 rings (SSSR count). The van der Waals surface area contributed by atoms with E-state index in [1.807, 2.05) is 31.2 Å². The fourth-order valence-electron chi connectivity index (χ4n) is 1.68. The Morgan fingerprint density at radius 2 is 2.12 bits per heavy atom. The molecule has 1 heterocycles. The summed E-state index contributed by atoms with van der Waals surface area (Å²) in [5, 5.41) is 9.53. The minimum Gasteiger partial charge on any atom is -0.511 e. The van der Waals surface area contributed by atoms with Crippen molar-refractivity contribution in [2.45, 2.75) is 13.8 Å². The van der Waals surface area contributed by atoms with E-state index in [-0.39, 0.29) is 10.9 Å². The molecule has 0 bridgehead atoms. The molecule has 1 aromatic rings. The van der Waals surface area contributed by atoms with Crippen LogP contribution < -0.4 is 0 Å². The van der Waals surface area contributed by atoms with Gasteiger partial charge in [0.15, 0.2) is 0 Å². The second-order valence-corrected chi connectivity index (χ2v) is 4.83. The molecule has 0 saturated heterocycles. The molecule has 0 aromatic heterocycles. The molecule has 1 aliphatic rings. The highest BCUT2D eigenvalue weighted by Gasteiger charge is 2.25. The summed E-state index contributed by atoms with van der Waals surface area (Å²) in [6, 6.07) is 7.70. The van der Waals surface area contributed by atoms with Crippen molar-refractivity contribution in [1.29, 1.82) is 0 Å². The van der Waals surface area contributed by atoms with Gasteiger partial charge >= 0.3 is 0 Å². The zero-order chi connectivity index (χ0) is 12.4. The predicted octanol–water partition coefficient (Wildman–Crippen LogP) is 3.17. The number of para-hydroxylation sites is 1. The van der Waals surface area contributed by atoms with Crippen molar-refractivity contribution in [2.24, 2.45) is 4.99 Å². The Morgan fingerprint density at radius 1 is 1.41 bits per heavy atom. The average Bonchev–Trinajstić information content (AvgIpc) is 2.62. The normalized spacial score (nSPS) is 16.8. The van der Waals surface area contributed by atoms with Gasteiger partial charge in [-0.05, 0) is 25.5 Å². The second-order valence-electron chi connectivity index (χ2n) is 3.88. The van der Waals surface area contributed by atoms with Gasteiger partial charge in [-0.15, -0.1) is 0 Å². The summed E-state index contributed by atoms with van der Waals surface area (Å²) in [7, 11) is 0. The largest absolute Gasteiger partial charge is 0.511 e. The monoisotopic (exact) mass is 247 g/mol. The molecule has 3 nitrogen and oxygen atoms in total. The van der Waals surface area contributed by atoms with Crippen molar-refractivity contribution >= 4 is 28.3 Å². The summed E-state index contributed by atoms with van der Waals surface area (Å²) in [5.41, 5.74) is 2.81. The van der Waals surface area contributed by atoms with Gasteiger partial charge in [0.05, 0.1) is 22.7 Å². The minimum atomic E-state index is -0.0997. The molecule has 0 unspecified atom stereocenters. The van der Waals surface area contributed by atoms with Gasteiger partial charge in [-0.1, -0.05) is 30.0 Å². The van der Waals surface area contributed by atoms with E-state index in [0.29, 0.717) is 17.0 Å². The minimum absolute atomic E-state index is 0.0997.